The Bertz CT molecular complexity index is 495. The number of carbonyl (C=O) groups is 1. The molecule has 0 spiro atoms. The van der Waals surface area contributed by atoms with E-state index in [1.54, 1.807) is 12.1 Å². The Balaban J connectivity index is 2.15. The Morgan fingerprint density at radius 2 is 2.29 bits per heavy atom. The molecule has 0 fully saturated rings. The molecule has 7 heteroatoms. The Hall–Kier alpha value is -2.28. The largest absolute Gasteiger partial charge is 0.481 e. The molecule has 0 saturated carbocycles. The molecule has 2 N–H and O–H groups in total. The van der Waals surface area contributed by atoms with Crippen molar-refractivity contribution in [3.63, 3.8) is 0 Å². The number of carboxylic acid groups (broad SMARTS) is 1. The third-order valence-electron chi connectivity index (χ3n) is 2.18. The summed E-state index contributed by atoms with van der Waals surface area (Å²) in [7, 11) is 0. The van der Waals surface area contributed by atoms with Crippen molar-refractivity contribution < 1.29 is 15.0 Å². The summed E-state index contributed by atoms with van der Waals surface area (Å²) in [6, 6.07) is 3.24. The van der Waals surface area contributed by atoms with E-state index in [4.69, 9.17) is 5.11 Å². The van der Waals surface area contributed by atoms with Crippen molar-refractivity contribution in [2.45, 2.75) is 12.5 Å². The van der Waals surface area contributed by atoms with Crippen molar-refractivity contribution in [3.05, 3.63) is 36.5 Å². The molecule has 0 aliphatic rings. The summed E-state index contributed by atoms with van der Waals surface area (Å²) < 4.78 is 1.47. The molecule has 0 aliphatic carbocycles. The summed E-state index contributed by atoms with van der Waals surface area (Å²) in [5.41, 5.74) is 0.455. The van der Waals surface area contributed by atoms with Crippen LogP contribution in [0, 0.1) is 0 Å². The van der Waals surface area contributed by atoms with Crippen LogP contribution in [0.5, 0.6) is 0 Å². The minimum atomic E-state index is -1.06. The molecule has 7 nitrogen and oxygen atoms in total. The van der Waals surface area contributed by atoms with Gasteiger partial charge < -0.3 is 10.2 Å². The lowest BCUT2D eigenvalue weighted by atomic mass is 10.1. The molecular weight excluding hydrogens is 224 g/mol. The van der Waals surface area contributed by atoms with Gasteiger partial charge in [0, 0.05) is 6.20 Å². The second-order valence-electron chi connectivity index (χ2n) is 3.40. The zero-order valence-electron chi connectivity index (χ0n) is 8.76. The van der Waals surface area contributed by atoms with E-state index < -0.39 is 12.1 Å². The summed E-state index contributed by atoms with van der Waals surface area (Å²) in [4.78, 5) is 18.3. The van der Waals surface area contributed by atoms with Crippen LogP contribution in [0.2, 0.25) is 0 Å². The number of pyridine rings is 1. The first kappa shape index (κ1) is 11.2. The molecule has 17 heavy (non-hydrogen) atoms. The maximum Gasteiger partial charge on any atom is 0.306 e. The zero-order chi connectivity index (χ0) is 12.3. The lowest BCUT2D eigenvalue weighted by Gasteiger charge is -2.08. The zero-order valence-corrected chi connectivity index (χ0v) is 8.76. The minimum Gasteiger partial charge on any atom is -0.481 e. The van der Waals surface area contributed by atoms with Gasteiger partial charge in [-0.3, -0.25) is 4.79 Å². The fraction of sp³-hybridized carbons (Fsp3) is 0.200. The molecule has 88 valence electrons. The van der Waals surface area contributed by atoms with Crippen molar-refractivity contribution in [2.75, 3.05) is 0 Å². The van der Waals surface area contributed by atoms with E-state index in [9.17, 15) is 9.90 Å². The van der Waals surface area contributed by atoms with Gasteiger partial charge in [-0.15, -0.1) is 0 Å². The summed E-state index contributed by atoms with van der Waals surface area (Å²) in [5, 5.41) is 22.0. The molecular formula is C10H10N4O3. The topological polar surface area (TPSA) is 101 Å². The van der Waals surface area contributed by atoms with E-state index in [2.05, 4.69) is 15.1 Å². The van der Waals surface area contributed by atoms with Crippen molar-refractivity contribution in [1.82, 2.24) is 19.7 Å². The first-order valence-electron chi connectivity index (χ1n) is 4.87. The molecule has 0 bridgehead atoms. The number of rotatable bonds is 4. The predicted molar refractivity (Wildman–Crippen MR) is 56.4 cm³/mol. The molecule has 2 rings (SSSR count). The average Bonchev–Trinajstić information content (AvgIpc) is 2.82. The van der Waals surface area contributed by atoms with Crippen LogP contribution in [0.25, 0.3) is 5.82 Å². The van der Waals surface area contributed by atoms with E-state index in [1.807, 2.05) is 0 Å². The van der Waals surface area contributed by atoms with Crippen molar-refractivity contribution >= 4 is 5.97 Å². The Labute approximate surface area is 96.4 Å². The third-order valence-corrected chi connectivity index (χ3v) is 2.18. The predicted octanol–water partition coefficient (Wildman–Crippen LogP) is 0.170. The van der Waals surface area contributed by atoms with Crippen LogP contribution in [0.1, 0.15) is 18.1 Å². The van der Waals surface area contributed by atoms with Crippen molar-refractivity contribution in [2.24, 2.45) is 0 Å². The molecule has 0 aromatic carbocycles. The number of hydrogen-bond donors (Lipinski definition) is 2. The van der Waals surface area contributed by atoms with Gasteiger partial charge in [0.15, 0.2) is 5.82 Å². The average molecular weight is 234 g/mol. The van der Waals surface area contributed by atoms with Gasteiger partial charge in [0.05, 0.1) is 12.5 Å². The summed E-state index contributed by atoms with van der Waals surface area (Å²) in [5.74, 6) is -0.508. The molecule has 2 aromatic heterocycles. The van der Waals surface area contributed by atoms with Gasteiger partial charge in [-0.2, -0.15) is 5.10 Å². The standard InChI is InChI=1S/C10H10N4O3/c15-8(3-10(16)17)7-1-2-9(12-4-7)14-6-11-5-13-14/h1-2,4-6,8,15H,3H2,(H,16,17)/t8-/m1/s1. The van der Waals surface area contributed by atoms with E-state index in [1.165, 1.54) is 23.5 Å². The summed E-state index contributed by atoms with van der Waals surface area (Å²) in [6.07, 6.45) is 2.91. The van der Waals surface area contributed by atoms with Crippen LogP contribution in [-0.2, 0) is 4.79 Å². The Morgan fingerprint density at radius 3 is 2.82 bits per heavy atom. The van der Waals surface area contributed by atoms with Gasteiger partial charge in [-0.05, 0) is 11.6 Å². The van der Waals surface area contributed by atoms with Crippen LogP contribution >= 0.6 is 0 Å². The lowest BCUT2D eigenvalue weighted by molar-refractivity contribution is -0.139. The molecule has 0 unspecified atom stereocenters. The van der Waals surface area contributed by atoms with Gasteiger partial charge in [0.2, 0.25) is 0 Å². The van der Waals surface area contributed by atoms with E-state index >= 15 is 0 Å². The van der Waals surface area contributed by atoms with Crippen molar-refractivity contribution in [1.29, 1.82) is 0 Å². The SMILES string of the molecule is O=C(O)C[C@@H](O)c1ccc(-n2cncn2)nc1. The van der Waals surface area contributed by atoms with Gasteiger partial charge >= 0.3 is 5.97 Å². The van der Waals surface area contributed by atoms with Crippen LogP contribution in [-0.4, -0.2) is 35.9 Å². The van der Waals surface area contributed by atoms with Gasteiger partial charge in [0.25, 0.3) is 0 Å². The van der Waals surface area contributed by atoms with E-state index in [0.717, 1.165) is 0 Å². The molecule has 0 radical (unpaired) electrons. The summed E-state index contributed by atoms with van der Waals surface area (Å²) >= 11 is 0. The maximum atomic E-state index is 10.4. The van der Waals surface area contributed by atoms with Crippen molar-refractivity contribution in [3.8, 4) is 5.82 Å². The Kier molecular flexibility index (Phi) is 3.10. The highest BCUT2D eigenvalue weighted by atomic mass is 16.4. The molecule has 0 amide bonds. The second-order valence-corrected chi connectivity index (χ2v) is 3.40. The van der Waals surface area contributed by atoms with Gasteiger partial charge in [0.1, 0.15) is 12.7 Å². The van der Waals surface area contributed by atoms with Gasteiger partial charge in [-0.1, -0.05) is 6.07 Å². The Morgan fingerprint density at radius 1 is 1.47 bits per heavy atom. The normalized spacial score (nSPS) is 12.3. The second kappa shape index (κ2) is 4.71. The van der Waals surface area contributed by atoms with E-state index in [-0.39, 0.29) is 6.42 Å². The minimum absolute atomic E-state index is 0.343. The smallest absolute Gasteiger partial charge is 0.306 e. The van der Waals surface area contributed by atoms with Crippen LogP contribution < -0.4 is 0 Å². The van der Waals surface area contributed by atoms with Crippen LogP contribution in [0.4, 0.5) is 0 Å². The molecule has 0 aliphatic heterocycles. The van der Waals surface area contributed by atoms with Gasteiger partial charge in [-0.25, -0.2) is 14.6 Å². The molecule has 2 aromatic rings. The van der Waals surface area contributed by atoms with E-state index in [0.29, 0.717) is 11.4 Å². The lowest BCUT2D eigenvalue weighted by Crippen LogP contribution is -2.06. The number of nitrogens with zero attached hydrogens (tertiary/aromatic N) is 4. The maximum absolute atomic E-state index is 10.4. The molecule has 0 saturated heterocycles. The number of hydrogen-bond acceptors (Lipinski definition) is 5. The van der Waals surface area contributed by atoms with Crippen LogP contribution in [0.3, 0.4) is 0 Å². The quantitative estimate of drug-likeness (QED) is 0.782. The highest BCUT2D eigenvalue weighted by molar-refractivity contribution is 5.67. The number of aliphatic hydroxyl groups is 1. The number of aliphatic carboxylic acids is 1. The number of aromatic nitrogens is 4. The monoisotopic (exact) mass is 234 g/mol. The first-order chi connectivity index (χ1) is 8.16. The number of carboxylic acids is 1. The third kappa shape index (κ3) is 2.64. The summed E-state index contributed by atoms with van der Waals surface area (Å²) in [6.45, 7) is 0. The molecule has 1 atom stereocenters. The fourth-order valence-corrected chi connectivity index (χ4v) is 1.34. The number of aliphatic hydroxyl groups excluding tert-OH is 1. The highest BCUT2D eigenvalue weighted by Crippen LogP contribution is 2.16. The van der Waals surface area contributed by atoms with Crippen LogP contribution in [0.15, 0.2) is 31.0 Å². The highest BCUT2D eigenvalue weighted by Gasteiger charge is 2.12. The fourth-order valence-electron chi connectivity index (χ4n) is 1.34. The first-order valence-corrected chi connectivity index (χ1v) is 4.87. The molecule has 2 heterocycles.